The number of esters is 1. The van der Waals surface area contributed by atoms with Crippen molar-refractivity contribution < 1.29 is 32.8 Å². The fourth-order valence-electron chi connectivity index (χ4n) is 6.82. The molecule has 3 N–H and O–H groups in total. The molecule has 0 aliphatic heterocycles. The van der Waals surface area contributed by atoms with Gasteiger partial charge in [0.15, 0.2) is 0 Å². The van der Waals surface area contributed by atoms with Crippen LogP contribution in [0.25, 0.3) is 0 Å². The van der Waals surface area contributed by atoms with Gasteiger partial charge in [-0.3, -0.25) is 13.8 Å². The predicted molar refractivity (Wildman–Crippen MR) is 252 cm³/mol. The minimum Gasteiger partial charge on any atom is -0.457 e. The summed E-state index contributed by atoms with van der Waals surface area (Å²) >= 11 is 0. The molecule has 0 bridgehead atoms. The van der Waals surface area contributed by atoms with E-state index in [-0.39, 0.29) is 32.3 Å². The first-order valence-electron chi connectivity index (χ1n) is 24.6. The topological polar surface area (TPSA) is 117 Å². The molecule has 59 heavy (non-hydrogen) atoms. The van der Waals surface area contributed by atoms with E-state index in [1.807, 2.05) is 0 Å². The van der Waals surface area contributed by atoms with Crippen molar-refractivity contribution in [3.63, 3.8) is 0 Å². The summed E-state index contributed by atoms with van der Waals surface area (Å²) in [6, 6.07) is 0. The summed E-state index contributed by atoms with van der Waals surface area (Å²) in [6.45, 7) is 4.89. The molecule has 2 unspecified atom stereocenters. The maximum atomic E-state index is 12.6. The van der Waals surface area contributed by atoms with Gasteiger partial charge in [0.05, 0.1) is 19.8 Å². The Labute approximate surface area is 364 Å². The van der Waals surface area contributed by atoms with E-state index in [1.165, 1.54) is 148 Å². The number of rotatable bonds is 47. The van der Waals surface area contributed by atoms with Gasteiger partial charge in [-0.25, -0.2) is 4.57 Å². The maximum absolute atomic E-state index is 12.6. The third-order valence-electron chi connectivity index (χ3n) is 10.5. The monoisotopic (exact) mass is 852 g/mol. The average Bonchev–Trinajstić information content (AvgIpc) is 3.23. The van der Waals surface area contributed by atoms with Crippen LogP contribution in [0, 0.1) is 0 Å². The SMILES string of the molecule is CCCCCC/C=C\C/C=C\CCCCCCCCOCC(COP(=O)(O)OCCN)OC(=O)CCCCCCCCCCCCC/C=C\C/C=C\CCCCCCC. The highest BCUT2D eigenvalue weighted by Gasteiger charge is 2.25. The van der Waals surface area contributed by atoms with Crippen molar-refractivity contribution in [3.05, 3.63) is 48.6 Å². The van der Waals surface area contributed by atoms with Gasteiger partial charge in [0.2, 0.25) is 0 Å². The van der Waals surface area contributed by atoms with Gasteiger partial charge in [0.1, 0.15) is 6.10 Å². The molecule has 0 aliphatic carbocycles. The van der Waals surface area contributed by atoms with Gasteiger partial charge >= 0.3 is 13.8 Å². The van der Waals surface area contributed by atoms with Crippen molar-refractivity contribution >= 4 is 13.8 Å². The maximum Gasteiger partial charge on any atom is 0.472 e. The minimum absolute atomic E-state index is 0.0972. The fourth-order valence-corrected chi connectivity index (χ4v) is 7.59. The number of hydrogen-bond acceptors (Lipinski definition) is 7. The van der Waals surface area contributed by atoms with E-state index in [9.17, 15) is 14.3 Å². The zero-order valence-electron chi connectivity index (χ0n) is 38.5. The second kappa shape index (κ2) is 47.5. The van der Waals surface area contributed by atoms with Gasteiger partial charge < -0.3 is 20.1 Å². The number of ether oxygens (including phenoxy) is 2. The lowest BCUT2D eigenvalue weighted by Gasteiger charge is -2.20. The van der Waals surface area contributed by atoms with Crippen LogP contribution in [0.5, 0.6) is 0 Å². The number of carbonyl (C=O) groups is 1. The zero-order chi connectivity index (χ0) is 43.0. The third-order valence-corrected chi connectivity index (χ3v) is 11.5. The standard InChI is InChI=1S/C50H94NO7P/c1-3-5-7-9-11-13-15-17-19-21-22-23-24-25-26-27-29-31-33-35-37-39-41-43-50(52)58-49(48-57-59(53,54)56-46-44-51)47-55-45-42-40-38-36-34-32-30-28-20-18-16-14-12-10-8-6-4-2/h14-17,20-22,28,49H,3-13,18-19,23-27,29-48,51H2,1-2H3,(H,53,54)/b16-14-,17-15-,22-21-,28-20-. The Kier molecular flexibility index (Phi) is 46.3. The lowest BCUT2D eigenvalue weighted by atomic mass is 10.0. The molecule has 0 spiro atoms. The first-order chi connectivity index (χ1) is 28.9. The van der Waals surface area contributed by atoms with Gasteiger partial charge in [-0.15, -0.1) is 0 Å². The van der Waals surface area contributed by atoms with E-state index in [1.54, 1.807) is 0 Å². The Balaban J connectivity index is 3.97. The molecule has 0 aromatic rings. The van der Waals surface area contributed by atoms with Crippen LogP contribution in [0.1, 0.15) is 226 Å². The molecule has 0 aromatic heterocycles. The summed E-state index contributed by atoms with van der Waals surface area (Å²) in [5.74, 6) is -0.335. The van der Waals surface area contributed by atoms with Crippen molar-refractivity contribution in [2.75, 3.05) is 33.0 Å². The Morgan fingerprint density at radius 3 is 1.34 bits per heavy atom. The number of carbonyl (C=O) groups excluding carboxylic acids is 1. The molecular formula is C50H94NO7P. The third kappa shape index (κ3) is 47.4. The largest absolute Gasteiger partial charge is 0.472 e. The number of hydrogen-bond donors (Lipinski definition) is 2. The molecular weight excluding hydrogens is 758 g/mol. The molecule has 0 heterocycles. The molecule has 346 valence electrons. The van der Waals surface area contributed by atoms with E-state index in [4.69, 9.17) is 24.3 Å². The highest BCUT2D eigenvalue weighted by molar-refractivity contribution is 7.47. The Morgan fingerprint density at radius 2 is 0.898 bits per heavy atom. The lowest BCUT2D eigenvalue weighted by Crippen LogP contribution is -2.28. The highest BCUT2D eigenvalue weighted by atomic mass is 31.2. The normalized spacial score (nSPS) is 13.8. The van der Waals surface area contributed by atoms with Crippen LogP contribution >= 0.6 is 7.82 Å². The molecule has 0 radical (unpaired) electrons. The molecule has 2 atom stereocenters. The van der Waals surface area contributed by atoms with Crippen LogP contribution < -0.4 is 5.73 Å². The van der Waals surface area contributed by atoms with Gasteiger partial charge in [-0.05, 0) is 77.0 Å². The number of phosphoric acid groups is 1. The highest BCUT2D eigenvalue weighted by Crippen LogP contribution is 2.43. The molecule has 0 fully saturated rings. The zero-order valence-corrected chi connectivity index (χ0v) is 39.4. The van der Waals surface area contributed by atoms with Crippen LogP contribution in [0.3, 0.4) is 0 Å². The minimum atomic E-state index is -4.28. The van der Waals surface area contributed by atoms with Gasteiger partial charge in [-0.1, -0.05) is 191 Å². The van der Waals surface area contributed by atoms with Crippen molar-refractivity contribution in [2.45, 2.75) is 232 Å². The van der Waals surface area contributed by atoms with Gasteiger partial charge in [0.25, 0.3) is 0 Å². The summed E-state index contributed by atoms with van der Waals surface area (Å²) in [5.41, 5.74) is 5.38. The molecule has 0 saturated heterocycles. The summed E-state index contributed by atoms with van der Waals surface area (Å²) < 4.78 is 33.5. The molecule has 0 amide bonds. The fraction of sp³-hybridized carbons (Fsp3) is 0.820. The van der Waals surface area contributed by atoms with E-state index < -0.39 is 13.9 Å². The van der Waals surface area contributed by atoms with Crippen molar-refractivity contribution in [2.24, 2.45) is 5.73 Å². The Hall–Kier alpha value is -1.54. The van der Waals surface area contributed by atoms with Crippen LogP contribution in [0.4, 0.5) is 0 Å². The number of unbranched alkanes of at least 4 members (excludes halogenated alkanes) is 26. The molecule has 8 nitrogen and oxygen atoms in total. The number of phosphoric ester groups is 1. The molecule has 0 saturated carbocycles. The van der Waals surface area contributed by atoms with Crippen molar-refractivity contribution in [1.82, 2.24) is 0 Å². The summed E-state index contributed by atoms with van der Waals surface area (Å²) in [5, 5.41) is 0. The number of nitrogens with two attached hydrogens (primary N) is 1. The van der Waals surface area contributed by atoms with E-state index in [0.717, 1.165) is 57.8 Å². The quantitative estimate of drug-likeness (QED) is 0.0269. The van der Waals surface area contributed by atoms with Crippen molar-refractivity contribution in [1.29, 1.82) is 0 Å². The van der Waals surface area contributed by atoms with Gasteiger partial charge in [0, 0.05) is 19.6 Å². The molecule has 0 aromatic carbocycles. The molecule has 0 aliphatic rings. The van der Waals surface area contributed by atoms with E-state index in [2.05, 4.69) is 62.5 Å². The van der Waals surface area contributed by atoms with Crippen LogP contribution in [-0.4, -0.2) is 49.9 Å². The molecule has 0 rings (SSSR count). The van der Waals surface area contributed by atoms with Crippen LogP contribution in [-0.2, 0) is 27.9 Å². The first kappa shape index (κ1) is 57.5. The second-order valence-corrected chi connectivity index (χ2v) is 17.8. The van der Waals surface area contributed by atoms with E-state index >= 15 is 0 Å². The van der Waals surface area contributed by atoms with E-state index in [0.29, 0.717) is 13.0 Å². The Bertz CT molecular complexity index is 1050. The summed E-state index contributed by atoms with van der Waals surface area (Å²) in [7, 11) is -4.28. The first-order valence-corrected chi connectivity index (χ1v) is 26.1. The lowest BCUT2D eigenvalue weighted by molar-refractivity contribution is -0.154. The van der Waals surface area contributed by atoms with Crippen molar-refractivity contribution in [3.8, 4) is 0 Å². The molecule has 9 heteroatoms. The summed E-state index contributed by atoms with van der Waals surface area (Å²) in [6.07, 6.45) is 57.1. The van der Waals surface area contributed by atoms with Crippen LogP contribution in [0.15, 0.2) is 48.6 Å². The summed E-state index contributed by atoms with van der Waals surface area (Å²) in [4.78, 5) is 22.6. The second-order valence-electron chi connectivity index (χ2n) is 16.3. The number of allylic oxidation sites excluding steroid dienone is 8. The smallest absolute Gasteiger partial charge is 0.457 e. The van der Waals surface area contributed by atoms with Gasteiger partial charge in [-0.2, -0.15) is 0 Å². The average molecular weight is 852 g/mol. The Morgan fingerprint density at radius 1 is 0.508 bits per heavy atom. The van der Waals surface area contributed by atoms with Crippen LogP contribution in [0.2, 0.25) is 0 Å². The predicted octanol–water partition coefficient (Wildman–Crippen LogP) is 15.1.